The topological polar surface area (TPSA) is 219 Å². The number of hydrogen-bond donors (Lipinski definition) is 3. The number of alkyl halides is 1. The number of aromatic amines is 1. The number of fused-ring (bicyclic) bond motifs is 1. The Balaban J connectivity index is 0.732. The molecule has 2 aliphatic heterocycles. The van der Waals surface area contributed by atoms with Crippen LogP contribution < -0.4 is 9.46 Å². The van der Waals surface area contributed by atoms with E-state index in [9.17, 15) is 32.3 Å². The molecule has 76 heavy (non-hydrogen) atoms. The Morgan fingerprint density at radius 2 is 1.67 bits per heavy atom. The number of benzene rings is 3. The van der Waals surface area contributed by atoms with Gasteiger partial charge in [-0.15, -0.1) is 11.3 Å². The minimum absolute atomic E-state index is 0.0155. The molecule has 3 N–H and O–H groups in total. The molecule has 7 aromatic rings. The van der Waals surface area contributed by atoms with Gasteiger partial charge in [0.05, 0.1) is 65.0 Å². The number of carbonyl (C=O) groups excluding carboxylic acids is 3. The highest BCUT2D eigenvalue weighted by Crippen LogP contribution is 2.34. The maximum absolute atomic E-state index is 15.7. The Morgan fingerprint density at radius 1 is 0.934 bits per heavy atom. The number of nitrogens with one attached hydrogen (secondary N) is 2. The van der Waals surface area contributed by atoms with Gasteiger partial charge in [0, 0.05) is 74.1 Å². The zero-order valence-corrected chi connectivity index (χ0v) is 43.5. The molecule has 400 valence electrons. The van der Waals surface area contributed by atoms with Crippen molar-refractivity contribution < 1.29 is 59.8 Å². The van der Waals surface area contributed by atoms with Crippen molar-refractivity contribution in [1.82, 2.24) is 29.3 Å². The molecule has 1 amide bonds. The van der Waals surface area contributed by atoms with Crippen LogP contribution in [0.25, 0.3) is 32.6 Å². The van der Waals surface area contributed by atoms with Crippen molar-refractivity contribution >= 4 is 55.7 Å². The van der Waals surface area contributed by atoms with E-state index in [4.69, 9.17) is 18.7 Å². The van der Waals surface area contributed by atoms with E-state index in [2.05, 4.69) is 20.1 Å². The highest BCUT2D eigenvalue weighted by atomic mass is 32.2. The van der Waals surface area contributed by atoms with Gasteiger partial charge in [-0.25, -0.2) is 23.1 Å². The maximum atomic E-state index is 15.7. The number of amides is 1. The number of β-amino-alcohol motifs (C(OH)–C–C–N with tert-alkyl or cyclic N) is 1. The predicted octanol–water partition coefficient (Wildman–Crippen LogP) is 8.48. The average Bonchev–Trinajstić information content (AvgIpc) is 4.29. The number of aliphatic hydroxyl groups excluding tert-OH is 1. The summed E-state index contributed by atoms with van der Waals surface area (Å²) in [6.45, 7) is 6.32. The summed E-state index contributed by atoms with van der Waals surface area (Å²) in [6, 6.07) is 19.3. The third kappa shape index (κ3) is 12.2. The number of halogens is 3. The van der Waals surface area contributed by atoms with E-state index in [0.29, 0.717) is 28.3 Å². The zero-order chi connectivity index (χ0) is 53.7. The number of anilines is 1. The fraction of sp³-hybridized carbons (Fsp3) is 0.370. The highest BCUT2D eigenvalue weighted by molar-refractivity contribution is 7.90. The van der Waals surface area contributed by atoms with Crippen LogP contribution >= 0.6 is 11.3 Å². The maximum Gasteiger partial charge on any atom is 0.301 e. The summed E-state index contributed by atoms with van der Waals surface area (Å²) in [5.74, 6) is -4.14. The van der Waals surface area contributed by atoms with Crippen molar-refractivity contribution in [2.45, 2.75) is 76.6 Å². The summed E-state index contributed by atoms with van der Waals surface area (Å²) >= 11 is 1.58. The standard InChI is InChI=1S/C54H56F3N7O10S2/c1-31(34-4-6-36(7-5-34)52-33(3)60-30-75-52)22-47(66)46-25-39(65)29-64(46)54(68)41(48-23-32(2)61-74-48)15-17-71-18-19-72-20-21-73-40-10-8-35(9-11-40)37-24-42-43(27-59-53(42)58-26-37)51(67)49-44(56)12-13-45(50(49)57)62-76(69,70)63-16-14-38(55)28-63/h4-13,23-24,26-27,30-31,38-39,41,46,62,65H,14-22,25,28-29H2,1-3H3,(H,58,59)/t31-,38-,39-,41-,46+/m1/s1. The summed E-state index contributed by atoms with van der Waals surface area (Å²) in [5.41, 5.74) is 5.26. The largest absolute Gasteiger partial charge is 0.491 e. The number of nitrogens with zero attached hydrogens (tertiary/aromatic N) is 5. The van der Waals surface area contributed by atoms with Crippen molar-refractivity contribution in [3.63, 3.8) is 0 Å². The SMILES string of the molecule is Cc1cc([C@@H](CCOCCOCCOc2ccc(-c3cnc4[nH]cc(C(=O)c5c(F)ccc(NS(=O)(=O)N6CC[C@@H](F)C6)c5F)c4c3)cc2)C(=O)N2C[C@H](O)C[C@H]2C(=O)C[C@@H](C)c2ccc(-c3scnc3C)cc2)on1. The number of ether oxygens (including phenoxy) is 3. The molecular weight excluding hydrogens is 1030 g/mol. The first-order valence-corrected chi connectivity index (χ1v) is 27.1. The molecule has 2 fully saturated rings. The number of Topliss-reactive ketones (excluding diaryl/α,β-unsaturated/α-hetero) is 1. The van der Waals surface area contributed by atoms with E-state index in [-0.39, 0.29) is 106 Å². The molecular formula is C54H56F3N7O10S2. The molecule has 5 atom stereocenters. The Morgan fingerprint density at radius 3 is 2.37 bits per heavy atom. The highest BCUT2D eigenvalue weighted by Gasteiger charge is 2.42. The lowest BCUT2D eigenvalue weighted by molar-refractivity contribution is -0.139. The molecule has 9 rings (SSSR count). The molecule has 0 aliphatic carbocycles. The Hall–Kier alpha value is -6.82. The van der Waals surface area contributed by atoms with Crippen LogP contribution in [0.4, 0.5) is 18.9 Å². The van der Waals surface area contributed by atoms with Gasteiger partial charge in [-0.3, -0.25) is 19.1 Å². The van der Waals surface area contributed by atoms with Crippen LogP contribution in [0.1, 0.15) is 83.1 Å². The average molecular weight is 1080 g/mol. The first kappa shape index (κ1) is 54.0. The van der Waals surface area contributed by atoms with Crippen molar-refractivity contribution in [3.05, 3.63) is 136 Å². The Kier molecular flexibility index (Phi) is 16.8. The second kappa shape index (κ2) is 23.6. The lowest BCUT2D eigenvalue weighted by Gasteiger charge is -2.28. The fourth-order valence-electron chi connectivity index (χ4n) is 9.51. The molecule has 17 nitrogen and oxygen atoms in total. The second-order valence-electron chi connectivity index (χ2n) is 19.0. The van der Waals surface area contributed by atoms with E-state index >= 15 is 8.78 Å². The second-order valence-corrected chi connectivity index (χ2v) is 21.5. The summed E-state index contributed by atoms with van der Waals surface area (Å²) in [4.78, 5) is 55.9. The minimum atomic E-state index is -4.38. The van der Waals surface area contributed by atoms with Crippen molar-refractivity contribution in [2.75, 3.05) is 57.4 Å². The molecule has 2 saturated heterocycles. The van der Waals surface area contributed by atoms with E-state index in [1.54, 1.807) is 60.9 Å². The normalized spacial score (nSPS) is 17.8. The fourth-order valence-corrected chi connectivity index (χ4v) is 11.6. The van der Waals surface area contributed by atoms with Crippen LogP contribution in [0, 0.1) is 25.5 Å². The van der Waals surface area contributed by atoms with E-state index in [1.807, 2.05) is 48.3 Å². The van der Waals surface area contributed by atoms with Crippen LogP contribution in [0.15, 0.2) is 95.2 Å². The molecule has 3 aromatic carbocycles. The van der Waals surface area contributed by atoms with Crippen molar-refractivity contribution in [2.24, 2.45) is 0 Å². The first-order chi connectivity index (χ1) is 36.5. The Labute approximate surface area is 440 Å². The molecule has 0 bridgehead atoms. The van der Waals surface area contributed by atoms with Gasteiger partial charge in [0.2, 0.25) is 11.7 Å². The Bertz CT molecular complexity index is 3320. The monoisotopic (exact) mass is 1080 g/mol. The van der Waals surface area contributed by atoms with E-state index in [0.717, 1.165) is 38.1 Å². The third-order valence-corrected chi connectivity index (χ3v) is 16.1. The summed E-state index contributed by atoms with van der Waals surface area (Å²) < 4.78 is 96.0. The number of aliphatic hydroxyl groups is 1. The smallest absolute Gasteiger partial charge is 0.301 e. The lowest BCUT2D eigenvalue weighted by Crippen LogP contribution is -2.43. The van der Waals surface area contributed by atoms with Crippen LogP contribution in [-0.2, 0) is 29.3 Å². The van der Waals surface area contributed by atoms with Gasteiger partial charge in [-0.1, -0.05) is 48.5 Å². The number of likely N-dealkylation sites (tertiary alicyclic amines) is 1. The van der Waals surface area contributed by atoms with Crippen LogP contribution in [0.3, 0.4) is 0 Å². The molecule has 2 aliphatic rings. The van der Waals surface area contributed by atoms with Gasteiger partial charge >= 0.3 is 10.2 Å². The van der Waals surface area contributed by atoms with Crippen molar-refractivity contribution in [1.29, 1.82) is 0 Å². The number of aromatic nitrogens is 4. The number of ketones is 2. The number of rotatable bonds is 23. The van der Waals surface area contributed by atoms with Gasteiger partial charge in [0.25, 0.3) is 0 Å². The van der Waals surface area contributed by atoms with Gasteiger partial charge < -0.3 is 33.7 Å². The number of pyridine rings is 1. The van der Waals surface area contributed by atoms with Crippen molar-refractivity contribution in [3.8, 4) is 27.3 Å². The van der Waals surface area contributed by atoms with Crippen LogP contribution in [0.2, 0.25) is 0 Å². The van der Waals surface area contributed by atoms with Gasteiger partial charge in [0.15, 0.2) is 11.6 Å². The van der Waals surface area contributed by atoms with E-state index < -0.39 is 69.7 Å². The van der Waals surface area contributed by atoms with Crippen LogP contribution in [-0.4, -0.2) is 131 Å². The predicted molar refractivity (Wildman–Crippen MR) is 277 cm³/mol. The van der Waals surface area contributed by atoms with Gasteiger partial charge in [-0.05, 0) is 79.6 Å². The van der Waals surface area contributed by atoms with Gasteiger partial charge in [-0.2, -0.15) is 12.7 Å². The van der Waals surface area contributed by atoms with Crippen LogP contribution in [0.5, 0.6) is 5.75 Å². The molecule has 0 radical (unpaired) electrons. The number of thiazole rings is 1. The van der Waals surface area contributed by atoms with E-state index in [1.165, 1.54) is 11.1 Å². The quantitative estimate of drug-likeness (QED) is 0.0405. The number of carbonyl (C=O) groups is 3. The molecule has 0 unspecified atom stereocenters. The number of aryl methyl sites for hydroxylation is 2. The summed E-state index contributed by atoms with van der Waals surface area (Å²) in [5, 5.41) is 15.0. The molecule has 22 heteroatoms. The zero-order valence-electron chi connectivity index (χ0n) is 41.8. The number of H-pyrrole nitrogens is 1. The van der Waals surface area contributed by atoms with Gasteiger partial charge in [0.1, 0.15) is 41.7 Å². The summed E-state index contributed by atoms with van der Waals surface area (Å²) in [6.07, 6.45) is 1.20. The lowest BCUT2D eigenvalue weighted by atomic mass is 9.91. The third-order valence-electron chi connectivity index (χ3n) is 13.6. The molecule has 0 saturated carbocycles. The first-order valence-electron chi connectivity index (χ1n) is 24.8. The minimum Gasteiger partial charge on any atom is -0.491 e. The number of hydrogen-bond acceptors (Lipinski definition) is 14. The molecule has 6 heterocycles. The molecule has 4 aromatic heterocycles. The molecule has 0 spiro atoms. The summed E-state index contributed by atoms with van der Waals surface area (Å²) in [7, 11) is -4.38.